The molecule has 0 amide bonds. The van der Waals surface area contributed by atoms with Gasteiger partial charge in [0.15, 0.2) is 0 Å². The molecule has 0 fully saturated rings. The Labute approximate surface area is 88.9 Å². The lowest BCUT2D eigenvalue weighted by Gasteiger charge is -2.03. The molecule has 0 bridgehead atoms. The molecule has 0 aliphatic rings. The zero-order valence-corrected chi connectivity index (χ0v) is 8.60. The molecule has 2 rings (SSSR count). The first-order valence-electron chi connectivity index (χ1n) is 5.16. The Morgan fingerprint density at radius 3 is 3.07 bits per heavy atom. The van der Waals surface area contributed by atoms with Gasteiger partial charge < -0.3 is 9.73 Å². The topological polar surface area (TPSA) is 43.0 Å². The van der Waals surface area contributed by atoms with E-state index >= 15 is 0 Å². The third-order valence-corrected chi connectivity index (χ3v) is 2.21. The lowest BCUT2D eigenvalue weighted by Crippen LogP contribution is -2.22. The highest BCUT2D eigenvalue weighted by Gasteiger charge is 1.94. The van der Waals surface area contributed by atoms with Crippen LogP contribution in [0.25, 0.3) is 0 Å². The summed E-state index contributed by atoms with van der Waals surface area (Å²) in [7, 11) is 0. The maximum absolute atomic E-state index is 5.23. The van der Waals surface area contributed by atoms with Crippen LogP contribution >= 0.6 is 0 Å². The van der Waals surface area contributed by atoms with Gasteiger partial charge in [0.25, 0.3) is 0 Å². The second-order valence-electron chi connectivity index (χ2n) is 3.35. The van der Waals surface area contributed by atoms with Crippen LogP contribution in [0.3, 0.4) is 0 Å². The van der Waals surface area contributed by atoms with E-state index in [0.717, 1.165) is 31.8 Å². The van der Waals surface area contributed by atoms with Crippen molar-refractivity contribution in [1.82, 2.24) is 15.1 Å². The van der Waals surface area contributed by atoms with E-state index in [2.05, 4.69) is 10.4 Å². The van der Waals surface area contributed by atoms with Gasteiger partial charge in [-0.05, 0) is 18.2 Å². The van der Waals surface area contributed by atoms with Crippen LogP contribution < -0.4 is 5.32 Å². The summed E-state index contributed by atoms with van der Waals surface area (Å²) in [6.07, 6.45) is 6.40. The van der Waals surface area contributed by atoms with E-state index in [1.807, 2.05) is 29.1 Å². The predicted molar refractivity (Wildman–Crippen MR) is 57.5 cm³/mol. The smallest absolute Gasteiger partial charge is 0.105 e. The SMILES string of the molecule is c1coc(CCNCCn2cccn2)c1. The van der Waals surface area contributed by atoms with Crippen molar-refractivity contribution in [2.24, 2.45) is 0 Å². The molecular formula is C11H15N3O. The number of nitrogens with one attached hydrogen (secondary N) is 1. The molecular weight excluding hydrogens is 190 g/mol. The second-order valence-corrected chi connectivity index (χ2v) is 3.35. The van der Waals surface area contributed by atoms with Gasteiger partial charge in [-0.15, -0.1) is 0 Å². The molecule has 4 nitrogen and oxygen atoms in total. The minimum atomic E-state index is 0.908. The van der Waals surface area contributed by atoms with E-state index in [1.54, 1.807) is 12.5 Å². The van der Waals surface area contributed by atoms with Gasteiger partial charge in [0.05, 0.1) is 12.8 Å². The largest absolute Gasteiger partial charge is 0.469 e. The van der Waals surface area contributed by atoms with Gasteiger partial charge in [0, 0.05) is 31.9 Å². The Bertz CT molecular complexity index is 317. The van der Waals surface area contributed by atoms with E-state index in [4.69, 9.17) is 4.42 Å². The average molecular weight is 205 g/mol. The number of hydrogen-bond donors (Lipinski definition) is 1. The van der Waals surface area contributed by atoms with Crippen LogP contribution in [0.15, 0.2) is 41.3 Å². The third-order valence-electron chi connectivity index (χ3n) is 2.21. The molecule has 2 aromatic heterocycles. The predicted octanol–water partition coefficient (Wildman–Crippen LogP) is 1.31. The third kappa shape index (κ3) is 3.25. The van der Waals surface area contributed by atoms with Crippen molar-refractivity contribution in [1.29, 1.82) is 0 Å². The van der Waals surface area contributed by atoms with Crippen molar-refractivity contribution in [2.45, 2.75) is 13.0 Å². The molecule has 2 aromatic rings. The van der Waals surface area contributed by atoms with Crippen molar-refractivity contribution >= 4 is 0 Å². The summed E-state index contributed by atoms with van der Waals surface area (Å²) >= 11 is 0. The summed E-state index contributed by atoms with van der Waals surface area (Å²) < 4.78 is 7.14. The van der Waals surface area contributed by atoms with E-state index < -0.39 is 0 Å². The first-order chi connectivity index (χ1) is 7.45. The summed E-state index contributed by atoms with van der Waals surface area (Å²) in [5.41, 5.74) is 0. The monoisotopic (exact) mass is 205 g/mol. The summed E-state index contributed by atoms with van der Waals surface area (Å²) in [6, 6.07) is 5.84. The molecule has 1 N–H and O–H groups in total. The molecule has 0 aliphatic carbocycles. The normalized spacial score (nSPS) is 10.7. The molecule has 80 valence electrons. The van der Waals surface area contributed by atoms with Crippen LogP contribution in [0.5, 0.6) is 0 Å². The van der Waals surface area contributed by atoms with Gasteiger partial charge in [-0.25, -0.2) is 0 Å². The fourth-order valence-electron chi connectivity index (χ4n) is 1.42. The van der Waals surface area contributed by atoms with Gasteiger partial charge in [0.1, 0.15) is 5.76 Å². The standard InChI is InChI=1S/C11H15N3O/c1-3-11(15-10-1)4-6-12-7-9-14-8-2-5-13-14/h1-3,5,8,10,12H,4,6-7,9H2. The highest BCUT2D eigenvalue weighted by atomic mass is 16.3. The van der Waals surface area contributed by atoms with Gasteiger partial charge in [0.2, 0.25) is 0 Å². The van der Waals surface area contributed by atoms with E-state index in [1.165, 1.54) is 0 Å². The molecule has 0 saturated carbocycles. The van der Waals surface area contributed by atoms with Gasteiger partial charge in [-0.2, -0.15) is 5.10 Å². The first-order valence-corrected chi connectivity index (χ1v) is 5.16. The minimum Gasteiger partial charge on any atom is -0.469 e. The Morgan fingerprint density at radius 2 is 2.33 bits per heavy atom. The molecule has 0 atom stereocenters. The summed E-state index contributed by atoms with van der Waals surface area (Å²) in [6.45, 7) is 2.78. The summed E-state index contributed by atoms with van der Waals surface area (Å²) in [4.78, 5) is 0. The molecule has 0 saturated heterocycles. The van der Waals surface area contributed by atoms with Crippen LogP contribution in [-0.4, -0.2) is 22.9 Å². The number of furan rings is 1. The van der Waals surface area contributed by atoms with Crippen molar-refractivity contribution in [2.75, 3.05) is 13.1 Å². The van der Waals surface area contributed by atoms with Crippen molar-refractivity contribution in [3.05, 3.63) is 42.6 Å². The van der Waals surface area contributed by atoms with E-state index in [9.17, 15) is 0 Å². The Morgan fingerprint density at radius 1 is 1.33 bits per heavy atom. The first kappa shape index (κ1) is 9.98. The molecule has 0 aliphatic heterocycles. The van der Waals surface area contributed by atoms with E-state index in [0.29, 0.717) is 0 Å². The lowest BCUT2D eigenvalue weighted by atomic mass is 10.3. The van der Waals surface area contributed by atoms with Crippen LogP contribution in [-0.2, 0) is 13.0 Å². The average Bonchev–Trinajstić information content (AvgIpc) is 2.88. The maximum atomic E-state index is 5.23. The van der Waals surface area contributed by atoms with Gasteiger partial charge in [-0.1, -0.05) is 0 Å². The number of hydrogen-bond acceptors (Lipinski definition) is 3. The Kier molecular flexibility index (Phi) is 3.57. The maximum Gasteiger partial charge on any atom is 0.105 e. The zero-order valence-electron chi connectivity index (χ0n) is 8.60. The summed E-state index contributed by atoms with van der Waals surface area (Å²) in [5, 5.41) is 7.46. The molecule has 0 spiro atoms. The van der Waals surface area contributed by atoms with Crippen LogP contribution in [0.1, 0.15) is 5.76 Å². The molecule has 4 heteroatoms. The quantitative estimate of drug-likeness (QED) is 0.723. The number of aromatic nitrogens is 2. The number of nitrogens with zero attached hydrogens (tertiary/aromatic N) is 2. The molecule has 0 aromatic carbocycles. The van der Waals surface area contributed by atoms with Crippen molar-refractivity contribution in [3.8, 4) is 0 Å². The minimum absolute atomic E-state index is 0.908. The molecule has 0 unspecified atom stereocenters. The van der Waals surface area contributed by atoms with E-state index in [-0.39, 0.29) is 0 Å². The number of rotatable bonds is 6. The molecule has 2 heterocycles. The second kappa shape index (κ2) is 5.36. The van der Waals surface area contributed by atoms with Crippen LogP contribution in [0, 0.1) is 0 Å². The Hall–Kier alpha value is -1.55. The highest BCUT2D eigenvalue weighted by molar-refractivity contribution is 4.98. The molecule has 15 heavy (non-hydrogen) atoms. The van der Waals surface area contributed by atoms with Crippen LogP contribution in [0.2, 0.25) is 0 Å². The molecule has 0 radical (unpaired) electrons. The fraction of sp³-hybridized carbons (Fsp3) is 0.364. The van der Waals surface area contributed by atoms with Gasteiger partial charge in [-0.3, -0.25) is 4.68 Å². The van der Waals surface area contributed by atoms with Crippen molar-refractivity contribution in [3.63, 3.8) is 0 Å². The Balaban J connectivity index is 1.56. The highest BCUT2D eigenvalue weighted by Crippen LogP contribution is 1.99. The van der Waals surface area contributed by atoms with Crippen LogP contribution in [0.4, 0.5) is 0 Å². The lowest BCUT2D eigenvalue weighted by molar-refractivity contribution is 0.490. The zero-order chi connectivity index (χ0) is 10.3. The van der Waals surface area contributed by atoms with Gasteiger partial charge >= 0.3 is 0 Å². The summed E-state index contributed by atoms with van der Waals surface area (Å²) in [5.74, 6) is 1.03. The van der Waals surface area contributed by atoms with Crippen molar-refractivity contribution < 1.29 is 4.42 Å². The fourth-order valence-corrected chi connectivity index (χ4v) is 1.42.